The van der Waals surface area contributed by atoms with Crippen LogP contribution in [0.5, 0.6) is 0 Å². The van der Waals surface area contributed by atoms with Crippen LogP contribution in [0.2, 0.25) is 0 Å². The summed E-state index contributed by atoms with van der Waals surface area (Å²) in [5.74, 6) is -0.857. The molecule has 3 nitrogen and oxygen atoms in total. The van der Waals surface area contributed by atoms with E-state index >= 15 is 0 Å². The Balaban J connectivity index is 2.14. The van der Waals surface area contributed by atoms with E-state index in [2.05, 4.69) is 44.6 Å². The topological polar surface area (TPSA) is 42.2 Å². The lowest BCUT2D eigenvalue weighted by Crippen LogP contribution is -2.08. The first-order valence-corrected chi connectivity index (χ1v) is 7.85. The average molecular weight is 432 g/mol. The molecule has 1 aromatic carbocycles. The summed E-state index contributed by atoms with van der Waals surface area (Å²) in [5.41, 5.74) is 2.44. The first kappa shape index (κ1) is 13.2. The molecule has 0 atom stereocenters. The third kappa shape index (κ3) is 2.45. The van der Waals surface area contributed by atoms with Crippen molar-refractivity contribution < 1.29 is 9.90 Å². The van der Waals surface area contributed by atoms with Crippen LogP contribution in [-0.4, -0.2) is 15.6 Å². The van der Waals surface area contributed by atoms with E-state index in [-0.39, 0.29) is 0 Å². The van der Waals surface area contributed by atoms with Crippen molar-refractivity contribution in [1.29, 1.82) is 0 Å². The molecular formula is C14H11BrINO2. The minimum absolute atomic E-state index is 0.345. The van der Waals surface area contributed by atoms with Crippen molar-refractivity contribution >= 4 is 44.5 Å². The van der Waals surface area contributed by atoms with E-state index in [9.17, 15) is 9.90 Å². The highest BCUT2D eigenvalue weighted by Crippen LogP contribution is 2.41. The summed E-state index contributed by atoms with van der Waals surface area (Å²) in [7, 11) is 0. The molecule has 1 N–H and O–H groups in total. The molecule has 0 aliphatic heterocycles. The summed E-state index contributed by atoms with van der Waals surface area (Å²) in [6.45, 7) is 0. The van der Waals surface area contributed by atoms with E-state index in [4.69, 9.17) is 0 Å². The molecule has 2 aromatic rings. The Kier molecular flexibility index (Phi) is 3.42. The molecule has 0 bridgehead atoms. The van der Waals surface area contributed by atoms with Crippen molar-refractivity contribution in [3.05, 3.63) is 44.1 Å². The Morgan fingerprint density at radius 3 is 2.63 bits per heavy atom. The van der Waals surface area contributed by atoms with Gasteiger partial charge in [-0.3, -0.25) is 0 Å². The van der Waals surface area contributed by atoms with Crippen molar-refractivity contribution in [2.75, 3.05) is 0 Å². The van der Waals surface area contributed by atoms with E-state index in [1.54, 1.807) is 6.07 Å². The fourth-order valence-electron chi connectivity index (χ4n) is 2.24. The Morgan fingerprint density at radius 2 is 2.05 bits per heavy atom. The Morgan fingerprint density at radius 1 is 1.32 bits per heavy atom. The van der Waals surface area contributed by atoms with Gasteiger partial charge < -0.3 is 9.67 Å². The molecule has 19 heavy (non-hydrogen) atoms. The number of carboxylic acid groups (broad SMARTS) is 1. The lowest BCUT2D eigenvalue weighted by molar-refractivity contribution is 0.0685. The van der Waals surface area contributed by atoms with Crippen molar-refractivity contribution in [2.45, 2.75) is 18.9 Å². The second-order valence-corrected chi connectivity index (χ2v) is 6.66. The molecule has 1 saturated carbocycles. The second-order valence-electron chi connectivity index (χ2n) is 4.64. The quantitative estimate of drug-likeness (QED) is 0.724. The number of hydrogen-bond donors (Lipinski definition) is 1. The van der Waals surface area contributed by atoms with Gasteiger partial charge in [0.05, 0.1) is 0 Å². The number of nitrogens with zero attached hydrogens (tertiary/aromatic N) is 1. The summed E-state index contributed by atoms with van der Waals surface area (Å²) >= 11 is 5.75. The molecule has 98 valence electrons. The maximum Gasteiger partial charge on any atom is 0.352 e. The van der Waals surface area contributed by atoms with Gasteiger partial charge >= 0.3 is 5.97 Å². The van der Waals surface area contributed by atoms with Crippen LogP contribution >= 0.6 is 38.5 Å². The van der Waals surface area contributed by atoms with Crippen LogP contribution in [-0.2, 0) is 0 Å². The zero-order valence-electron chi connectivity index (χ0n) is 9.94. The normalized spacial score (nSPS) is 14.6. The van der Waals surface area contributed by atoms with Crippen LogP contribution < -0.4 is 0 Å². The molecule has 0 spiro atoms. The maximum atomic E-state index is 11.3. The predicted octanol–water partition coefficient (Wildman–Crippen LogP) is 4.56. The van der Waals surface area contributed by atoms with Gasteiger partial charge in [0, 0.05) is 19.8 Å². The number of halogens is 2. The van der Waals surface area contributed by atoms with E-state index in [1.165, 1.54) is 0 Å². The third-order valence-electron chi connectivity index (χ3n) is 3.26. The second kappa shape index (κ2) is 4.94. The number of hydrogen-bond acceptors (Lipinski definition) is 1. The van der Waals surface area contributed by atoms with Gasteiger partial charge in [-0.1, -0.05) is 6.07 Å². The van der Waals surface area contributed by atoms with Gasteiger partial charge in [0.15, 0.2) is 0 Å². The molecule has 0 amide bonds. The van der Waals surface area contributed by atoms with Crippen LogP contribution in [0.4, 0.5) is 0 Å². The number of carbonyl (C=O) groups is 1. The molecule has 1 aromatic heterocycles. The van der Waals surface area contributed by atoms with Crippen LogP contribution in [0.3, 0.4) is 0 Å². The fraction of sp³-hybridized carbons (Fsp3) is 0.214. The van der Waals surface area contributed by atoms with Gasteiger partial charge in [-0.05, 0) is 81.2 Å². The van der Waals surface area contributed by atoms with E-state index in [1.807, 2.05) is 22.8 Å². The summed E-state index contributed by atoms with van der Waals surface area (Å²) < 4.78 is 4.14. The van der Waals surface area contributed by atoms with Gasteiger partial charge in [0.25, 0.3) is 0 Å². The monoisotopic (exact) mass is 431 g/mol. The van der Waals surface area contributed by atoms with E-state index in [0.717, 1.165) is 32.1 Å². The molecule has 0 unspecified atom stereocenters. The number of aromatic carboxylic acids is 1. The zero-order valence-corrected chi connectivity index (χ0v) is 13.7. The Hall–Kier alpha value is -0.820. The molecule has 5 heteroatoms. The van der Waals surface area contributed by atoms with Crippen LogP contribution in [0, 0.1) is 3.57 Å². The number of benzene rings is 1. The number of carboxylic acids is 1. The minimum atomic E-state index is -0.857. The minimum Gasteiger partial charge on any atom is -0.477 e. The van der Waals surface area contributed by atoms with Crippen molar-refractivity contribution in [3.8, 4) is 11.3 Å². The number of aromatic nitrogens is 1. The Bertz CT molecular complexity index is 661. The molecule has 1 fully saturated rings. The molecule has 0 radical (unpaired) electrons. The maximum absolute atomic E-state index is 11.3. The van der Waals surface area contributed by atoms with Gasteiger partial charge in [0.1, 0.15) is 5.69 Å². The van der Waals surface area contributed by atoms with Gasteiger partial charge in [0.2, 0.25) is 0 Å². The number of rotatable bonds is 3. The lowest BCUT2D eigenvalue weighted by Gasteiger charge is -2.11. The zero-order chi connectivity index (χ0) is 13.6. The highest BCUT2D eigenvalue weighted by atomic mass is 127. The highest BCUT2D eigenvalue weighted by Gasteiger charge is 2.29. The van der Waals surface area contributed by atoms with Crippen LogP contribution in [0.1, 0.15) is 29.4 Å². The van der Waals surface area contributed by atoms with Gasteiger partial charge in [-0.15, -0.1) is 0 Å². The smallest absolute Gasteiger partial charge is 0.352 e. The SMILES string of the molecule is O=C(O)c1ccc(-c2ccc(Br)c(I)c2)n1C1CC1. The van der Waals surface area contributed by atoms with Crippen molar-refractivity contribution in [2.24, 2.45) is 0 Å². The molecule has 0 saturated heterocycles. The summed E-state index contributed by atoms with van der Waals surface area (Å²) in [6, 6.07) is 10.0. The summed E-state index contributed by atoms with van der Waals surface area (Å²) in [6.07, 6.45) is 2.13. The molecule has 1 aliphatic rings. The third-order valence-corrected chi connectivity index (χ3v) is 5.59. The van der Waals surface area contributed by atoms with Crippen LogP contribution in [0.25, 0.3) is 11.3 Å². The van der Waals surface area contributed by atoms with E-state index in [0.29, 0.717) is 11.7 Å². The highest BCUT2D eigenvalue weighted by molar-refractivity contribution is 14.1. The predicted molar refractivity (Wildman–Crippen MR) is 85.5 cm³/mol. The van der Waals surface area contributed by atoms with Gasteiger partial charge in [-0.2, -0.15) is 0 Å². The first-order chi connectivity index (χ1) is 9.08. The summed E-state index contributed by atoms with van der Waals surface area (Å²) in [4.78, 5) is 11.3. The average Bonchev–Trinajstić information content (AvgIpc) is 3.11. The standard InChI is InChI=1S/C14H11BrINO2/c15-10-4-1-8(7-11(10)16)12-5-6-13(14(18)19)17(12)9-2-3-9/h1,4-7,9H,2-3H2,(H,18,19). The molecular weight excluding hydrogens is 421 g/mol. The molecule has 3 rings (SSSR count). The first-order valence-electron chi connectivity index (χ1n) is 5.98. The van der Waals surface area contributed by atoms with Crippen molar-refractivity contribution in [3.63, 3.8) is 0 Å². The van der Waals surface area contributed by atoms with Crippen molar-refractivity contribution in [1.82, 2.24) is 4.57 Å². The van der Waals surface area contributed by atoms with Crippen LogP contribution in [0.15, 0.2) is 34.8 Å². The van der Waals surface area contributed by atoms with E-state index < -0.39 is 5.97 Å². The Labute approximate surface area is 132 Å². The van der Waals surface area contributed by atoms with Gasteiger partial charge in [-0.25, -0.2) is 4.79 Å². The molecule has 1 heterocycles. The lowest BCUT2D eigenvalue weighted by atomic mass is 10.1. The molecule has 1 aliphatic carbocycles. The summed E-state index contributed by atoms with van der Waals surface area (Å²) in [5, 5.41) is 9.27. The largest absolute Gasteiger partial charge is 0.477 e. The fourth-order valence-corrected chi connectivity index (χ4v) is 3.00.